The normalized spacial score (nSPS) is 16.7. The van der Waals surface area contributed by atoms with E-state index in [0.29, 0.717) is 6.04 Å². The molecular formula is C15H21NO. The number of carbonyl (C=O) groups excluding carboxylic acids is 1. The van der Waals surface area contributed by atoms with Crippen molar-refractivity contribution in [3.05, 3.63) is 34.9 Å². The molecule has 0 heterocycles. The zero-order valence-corrected chi connectivity index (χ0v) is 11.2. The van der Waals surface area contributed by atoms with Crippen molar-refractivity contribution < 1.29 is 4.79 Å². The minimum Gasteiger partial charge on any atom is -0.339 e. The lowest BCUT2D eigenvalue weighted by Crippen LogP contribution is -2.36. The standard InChI is InChI=1S/C15H21NO/c1-10-5-8-14(11(2)9-10)15(17)16(4)12(3)13-6-7-13/h5,8-9,12-13H,6-7H2,1-4H3. The minimum atomic E-state index is 0.155. The molecule has 1 aliphatic carbocycles. The third kappa shape index (κ3) is 2.51. The van der Waals surface area contributed by atoms with E-state index in [4.69, 9.17) is 0 Å². The Morgan fingerprint density at radius 3 is 2.53 bits per heavy atom. The second-order valence-electron chi connectivity index (χ2n) is 5.31. The van der Waals surface area contributed by atoms with Crippen LogP contribution >= 0.6 is 0 Å². The van der Waals surface area contributed by atoms with Crippen LogP contribution in [0.3, 0.4) is 0 Å². The van der Waals surface area contributed by atoms with Crippen LogP contribution in [-0.4, -0.2) is 23.9 Å². The predicted molar refractivity (Wildman–Crippen MR) is 70.2 cm³/mol. The summed E-state index contributed by atoms with van der Waals surface area (Å²) in [6.07, 6.45) is 2.54. The van der Waals surface area contributed by atoms with Gasteiger partial charge in [-0.25, -0.2) is 0 Å². The molecule has 1 aromatic rings. The predicted octanol–water partition coefficient (Wildman–Crippen LogP) is 3.17. The topological polar surface area (TPSA) is 20.3 Å². The molecule has 0 bridgehead atoms. The number of carbonyl (C=O) groups is 1. The van der Waals surface area contributed by atoms with Gasteiger partial charge in [-0.2, -0.15) is 0 Å². The first-order valence-corrected chi connectivity index (χ1v) is 6.35. The summed E-state index contributed by atoms with van der Waals surface area (Å²) in [6, 6.07) is 6.39. The summed E-state index contributed by atoms with van der Waals surface area (Å²) >= 11 is 0. The highest BCUT2D eigenvalue weighted by Gasteiger charge is 2.32. The average molecular weight is 231 g/mol. The van der Waals surface area contributed by atoms with Crippen LogP contribution in [0.25, 0.3) is 0 Å². The molecule has 1 saturated carbocycles. The van der Waals surface area contributed by atoms with Crippen LogP contribution < -0.4 is 0 Å². The van der Waals surface area contributed by atoms with E-state index in [1.165, 1.54) is 18.4 Å². The molecule has 2 nitrogen and oxygen atoms in total. The molecule has 2 rings (SSSR count). The van der Waals surface area contributed by atoms with Gasteiger partial charge in [0.05, 0.1) is 0 Å². The molecule has 0 N–H and O–H groups in total. The molecular weight excluding hydrogens is 210 g/mol. The molecule has 1 unspecified atom stereocenters. The zero-order chi connectivity index (χ0) is 12.6. The Morgan fingerprint density at radius 1 is 1.35 bits per heavy atom. The molecule has 0 saturated heterocycles. The number of aryl methyl sites for hydroxylation is 2. The van der Waals surface area contributed by atoms with Gasteiger partial charge in [0.1, 0.15) is 0 Å². The second-order valence-corrected chi connectivity index (χ2v) is 5.31. The molecule has 0 aliphatic heterocycles. The van der Waals surface area contributed by atoms with Crippen LogP contribution in [0.5, 0.6) is 0 Å². The van der Waals surface area contributed by atoms with Gasteiger partial charge in [-0.3, -0.25) is 4.79 Å². The van der Waals surface area contributed by atoms with Gasteiger partial charge in [0.25, 0.3) is 5.91 Å². The average Bonchev–Trinajstić information content (AvgIpc) is 3.10. The highest BCUT2D eigenvalue weighted by molar-refractivity contribution is 5.95. The van der Waals surface area contributed by atoms with Crippen LogP contribution in [0.2, 0.25) is 0 Å². The van der Waals surface area contributed by atoms with E-state index < -0.39 is 0 Å². The maximum absolute atomic E-state index is 12.4. The van der Waals surface area contributed by atoms with E-state index in [-0.39, 0.29) is 5.91 Å². The quantitative estimate of drug-likeness (QED) is 0.782. The Labute approximate surface area is 104 Å². The van der Waals surface area contributed by atoms with Gasteiger partial charge in [-0.15, -0.1) is 0 Å². The first kappa shape index (κ1) is 12.2. The van der Waals surface area contributed by atoms with Crippen molar-refractivity contribution in [3.63, 3.8) is 0 Å². The number of hydrogen-bond acceptors (Lipinski definition) is 1. The van der Waals surface area contributed by atoms with Crippen LogP contribution in [0.4, 0.5) is 0 Å². The van der Waals surface area contributed by atoms with Crippen LogP contribution in [0, 0.1) is 19.8 Å². The fraction of sp³-hybridized carbons (Fsp3) is 0.533. The van der Waals surface area contributed by atoms with Gasteiger partial charge >= 0.3 is 0 Å². The third-order valence-electron chi connectivity index (χ3n) is 3.85. The van der Waals surface area contributed by atoms with E-state index in [1.54, 1.807) is 0 Å². The maximum atomic E-state index is 12.4. The number of benzene rings is 1. The van der Waals surface area contributed by atoms with Crippen LogP contribution in [0.1, 0.15) is 41.3 Å². The molecule has 1 aliphatic rings. The van der Waals surface area contributed by atoms with Gasteiger partial charge in [-0.1, -0.05) is 17.7 Å². The molecule has 1 aromatic carbocycles. The van der Waals surface area contributed by atoms with Gasteiger partial charge < -0.3 is 4.90 Å². The minimum absolute atomic E-state index is 0.155. The monoisotopic (exact) mass is 231 g/mol. The molecule has 0 radical (unpaired) electrons. The van der Waals surface area contributed by atoms with Crippen molar-refractivity contribution >= 4 is 5.91 Å². The molecule has 1 atom stereocenters. The molecule has 2 heteroatoms. The Hall–Kier alpha value is -1.31. The van der Waals surface area contributed by atoms with Crippen molar-refractivity contribution in [1.29, 1.82) is 0 Å². The summed E-state index contributed by atoms with van der Waals surface area (Å²) in [5.74, 6) is 0.872. The van der Waals surface area contributed by atoms with Crippen molar-refractivity contribution in [2.75, 3.05) is 7.05 Å². The Balaban J connectivity index is 2.18. The largest absolute Gasteiger partial charge is 0.339 e. The molecule has 0 spiro atoms. The first-order valence-electron chi connectivity index (χ1n) is 6.35. The molecule has 17 heavy (non-hydrogen) atoms. The lowest BCUT2D eigenvalue weighted by atomic mass is 10.0. The van der Waals surface area contributed by atoms with Crippen molar-refractivity contribution in [2.24, 2.45) is 5.92 Å². The van der Waals surface area contributed by atoms with Gasteiger partial charge in [0.2, 0.25) is 0 Å². The SMILES string of the molecule is Cc1ccc(C(=O)N(C)C(C)C2CC2)c(C)c1. The number of rotatable bonds is 3. The van der Waals surface area contributed by atoms with E-state index in [2.05, 4.69) is 19.9 Å². The summed E-state index contributed by atoms with van der Waals surface area (Å²) in [4.78, 5) is 14.3. The van der Waals surface area contributed by atoms with Crippen molar-refractivity contribution in [1.82, 2.24) is 4.90 Å². The smallest absolute Gasteiger partial charge is 0.254 e. The number of hydrogen-bond donors (Lipinski definition) is 0. The lowest BCUT2D eigenvalue weighted by Gasteiger charge is -2.25. The fourth-order valence-corrected chi connectivity index (χ4v) is 2.32. The van der Waals surface area contributed by atoms with Gasteiger partial charge in [0, 0.05) is 18.7 Å². The van der Waals surface area contributed by atoms with E-state index in [1.807, 2.05) is 31.0 Å². The van der Waals surface area contributed by atoms with Crippen molar-refractivity contribution in [2.45, 2.75) is 39.7 Å². The summed E-state index contributed by atoms with van der Waals surface area (Å²) < 4.78 is 0. The van der Waals surface area contributed by atoms with Gasteiger partial charge in [-0.05, 0) is 51.2 Å². The summed E-state index contributed by atoms with van der Waals surface area (Å²) in [5.41, 5.74) is 3.12. The van der Waals surface area contributed by atoms with Gasteiger partial charge in [0.15, 0.2) is 0 Å². The third-order valence-corrected chi connectivity index (χ3v) is 3.85. The zero-order valence-electron chi connectivity index (χ0n) is 11.2. The van der Waals surface area contributed by atoms with Crippen molar-refractivity contribution in [3.8, 4) is 0 Å². The fourth-order valence-electron chi connectivity index (χ4n) is 2.32. The first-order chi connectivity index (χ1) is 8.00. The van der Waals surface area contributed by atoms with E-state index in [9.17, 15) is 4.79 Å². The number of amides is 1. The maximum Gasteiger partial charge on any atom is 0.254 e. The summed E-state index contributed by atoms with van der Waals surface area (Å²) in [6.45, 7) is 6.22. The Bertz CT molecular complexity index is 435. The lowest BCUT2D eigenvalue weighted by molar-refractivity contribution is 0.0726. The summed E-state index contributed by atoms with van der Waals surface area (Å²) in [5, 5.41) is 0. The number of nitrogens with zero attached hydrogens (tertiary/aromatic N) is 1. The highest BCUT2D eigenvalue weighted by atomic mass is 16.2. The molecule has 1 fully saturated rings. The molecule has 0 aromatic heterocycles. The Kier molecular flexibility index (Phi) is 3.23. The van der Waals surface area contributed by atoms with Crippen LogP contribution in [0.15, 0.2) is 18.2 Å². The summed E-state index contributed by atoms with van der Waals surface area (Å²) in [7, 11) is 1.92. The molecule has 92 valence electrons. The highest BCUT2D eigenvalue weighted by Crippen LogP contribution is 2.35. The molecule has 1 amide bonds. The second kappa shape index (κ2) is 4.52. The van der Waals surface area contributed by atoms with Crippen LogP contribution in [-0.2, 0) is 0 Å². The Morgan fingerprint density at radius 2 is 2.00 bits per heavy atom. The van der Waals surface area contributed by atoms with E-state index >= 15 is 0 Å². The van der Waals surface area contributed by atoms with E-state index in [0.717, 1.165) is 17.0 Å².